The van der Waals surface area contributed by atoms with Gasteiger partial charge in [0.15, 0.2) is 0 Å². The Bertz CT molecular complexity index is 1010. The number of benzene rings is 1. The number of ether oxygens (including phenoxy) is 1. The number of H-pyrrole nitrogens is 1. The highest BCUT2D eigenvalue weighted by molar-refractivity contribution is 7.19. The third-order valence-electron chi connectivity index (χ3n) is 5.09. The van der Waals surface area contributed by atoms with Gasteiger partial charge in [0.1, 0.15) is 15.0 Å². The summed E-state index contributed by atoms with van der Waals surface area (Å²) in [5.41, 5.74) is 2.37. The molecule has 142 valence electrons. The molecule has 1 aliphatic rings. The van der Waals surface area contributed by atoms with Crippen molar-refractivity contribution in [3.8, 4) is 5.75 Å². The number of aromatic amines is 1. The molecule has 0 unspecified atom stereocenters. The molecule has 3 heterocycles. The number of fused-ring (bicyclic) bond motifs is 1. The lowest BCUT2D eigenvalue weighted by Crippen LogP contribution is -2.37. The lowest BCUT2D eigenvalue weighted by Gasteiger charge is -2.31. The van der Waals surface area contributed by atoms with Crippen LogP contribution < -0.4 is 4.74 Å². The van der Waals surface area contributed by atoms with Crippen LogP contribution in [0, 0.1) is 0 Å². The van der Waals surface area contributed by atoms with E-state index in [-0.39, 0.29) is 16.0 Å². The van der Waals surface area contributed by atoms with Crippen molar-refractivity contribution in [3.63, 3.8) is 0 Å². The molecule has 8 heteroatoms. The Morgan fingerprint density at radius 3 is 2.59 bits per heavy atom. The van der Waals surface area contributed by atoms with Crippen LogP contribution in [0.3, 0.4) is 0 Å². The highest BCUT2D eigenvalue weighted by Crippen LogP contribution is 2.42. The first-order chi connectivity index (χ1) is 13.0. The zero-order valence-electron chi connectivity index (χ0n) is 14.5. The number of nitrogens with one attached hydrogen (secondary N) is 1. The van der Waals surface area contributed by atoms with Gasteiger partial charge in [-0.15, -0.1) is 11.3 Å². The molecule has 1 N–H and O–H groups in total. The van der Waals surface area contributed by atoms with E-state index in [0.29, 0.717) is 28.2 Å². The molecule has 0 radical (unpaired) electrons. The monoisotopic (exact) mass is 442 g/mol. The van der Waals surface area contributed by atoms with Gasteiger partial charge in [-0.2, -0.15) is 0 Å². The molecule has 1 saturated heterocycles. The molecule has 1 amide bonds. The highest BCUT2D eigenvalue weighted by Gasteiger charge is 2.29. The lowest BCUT2D eigenvalue weighted by molar-refractivity contribution is 0.0718. The van der Waals surface area contributed by atoms with Crippen molar-refractivity contribution in [2.75, 3.05) is 20.2 Å². The third-order valence-corrected chi connectivity index (χ3v) is 7.65. The fourth-order valence-corrected chi connectivity index (χ4v) is 5.39. The Hall–Kier alpha value is -1.40. The number of carbonyl (C=O) groups is 1. The number of nitrogens with zero attached hydrogens (tertiary/aromatic N) is 1. The summed E-state index contributed by atoms with van der Waals surface area (Å²) in [5.74, 6) is 1.13. The van der Waals surface area contributed by atoms with E-state index in [2.05, 4.69) is 17.2 Å². The Balaban J connectivity index is 1.50. The normalized spacial score (nSPS) is 15.5. The summed E-state index contributed by atoms with van der Waals surface area (Å²) in [4.78, 5) is 18.4. The summed E-state index contributed by atoms with van der Waals surface area (Å²) in [6.07, 6.45) is 3.85. The number of piperidine rings is 1. The standard InChI is InChI=1S/C19H17Cl3N2O2S/c1-26-11-2-3-14-12(8-11)13(9-23-14)10-4-6-24(7-5-10)19(25)17-15(20)16(21)18(22)27-17/h2-3,8-10,23H,4-7H2,1H3. The predicted molar refractivity (Wildman–Crippen MR) is 112 cm³/mol. The number of halogens is 3. The molecular weight excluding hydrogens is 427 g/mol. The summed E-state index contributed by atoms with van der Waals surface area (Å²) in [6, 6.07) is 6.04. The second-order valence-electron chi connectivity index (χ2n) is 6.55. The number of hydrogen-bond acceptors (Lipinski definition) is 3. The lowest BCUT2D eigenvalue weighted by atomic mass is 9.89. The van der Waals surface area contributed by atoms with Gasteiger partial charge in [-0.1, -0.05) is 34.8 Å². The molecule has 1 aromatic carbocycles. The summed E-state index contributed by atoms with van der Waals surface area (Å²) in [6.45, 7) is 1.34. The van der Waals surface area contributed by atoms with Crippen molar-refractivity contribution in [3.05, 3.63) is 49.2 Å². The minimum Gasteiger partial charge on any atom is -0.497 e. The van der Waals surface area contributed by atoms with E-state index in [0.717, 1.165) is 35.4 Å². The molecule has 27 heavy (non-hydrogen) atoms. The average Bonchev–Trinajstić information content (AvgIpc) is 3.23. The van der Waals surface area contributed by atoms with Crippen LogP contribution in [0.15, 0.2) is 24.4 Å². The van der Waals surface area contributed by atoms with Crippen molar-refractivity contribution in [1.29, 1.82) is 0 Å². The van der Waals surface area contributed by atoms with Crippen LogP contribution >= 0.6 is 46.1 Å². The van der Waals surface area contributed by atoms with Crippen molar-refractivity contribution >= 4 is 62.9 Å². The zero-order chi connectivity index (χ0) is 19.1. The second-order valence-corrected chi connectivity index (χ2v) is 8.93. The molecular formula is C19H17Cl3N2O2S. The largest absolute Gasteiger partial charge is 0.497 e. The molecule has 0 saturated carbocycles. The van der Waals surface area contributed by atoms with Crippen LogP contribution in [0.1, 0.15) is 34.0 Å². The smallest absolute Gasteiger partial charge is 0.265 e. The van der Waals surface area contributed by atoms with Gasteiger partial charge in [-0.3, -0.25) is 4.79 Å². The van der Waals surface area contributed by atoms with Crippen molar-refractivity contribution in [1.82, 2.24) is 9.88 Å². The maximum absolute atomic E-state index is 12.8. The number of amides is 1. The predicted octanol–water partition coefficient (Wildman–Crippen LogP) is 6.22. The zero-order valence-corrected chi connectivity index (χ0v) is 17.6. The third kappa shape index (κ3) is 3.42. The van der Waals surface area contributed by atoms with Gasteiger partial charge in [-0.25, -0.2) is 0 Å². The number of thiophene rings is 1. The Morgan fingerprint density at radius 1 is 1.22 bits per heavy atom. The van der Waals surface area contributed by atoms with Gasteiger partial charge in [0.2, 0.25) is 0 Å². The van der Waals surface area contributed by atoms with Crippen LogP contribution in [0.4, 0.5) is 0 Å². The van der Waals surface area contributed by atoms with E-state index < -0.39 is 0 Å². The molecule has 3 aromatic rings. The van der Waals surface area contributed by atoms with Gasteiger partial charge in [0.05, 0.1) is 17.2 Å². The van der Waals surface area contributed by atoms with Crippen molar-refractivity contribution in [2.45, 2.75) is 18.8 Å². The Kier molecular flexibility index (Phi) is 5.30. The highest BCUT2D eigenvalue weighted by atomic mass is 35.5. The quantitative estimate of drug-likeness (QED) is 0.522. The van der Waals surface area contributed by atoms with Gasteiger partial charge in [-0.05, 0) is 42.5 Å². The second kappa shape index (κ2) is 7.55. The number of carbonyl (C=O) groups excluding carboxylic acids is 1. The van der Waals surface area contributed by atoms with E-state index in [9.17, 15) is 4.79 Å². The van der Waals surface area contributed by atoms with Gasteiger partial charge < -0.3 is 14.6 Å². The van der Waals surface area contributed by atoms with Crippen LogP contribution in [0.25, 0.3) is 10.9 Å². The Morgan fingerprint density at radius 2 is 1.96 bits per heavy atom. The van der Waals surface area contributed by atoms with Gasteiger partial charge in [0, 0.05) is 30.2 Å². The topological polar surface area (TPSA) is 45.3 Å². The molecule has 0 spiro atoms. The molecule has 0 atom stereocenters. The number of methoxy groups -OCH3 is 1. The maximum atomic E-state index is 12.8. The molecule has 4 nitrogen and oxygen atoms in total. The number of rotatable bonds is 3. The summed E-state index contributed by atoms with van der Waals surface area (Å²) >= 11 is 19.3. The first kappa shape index (κ1) is 18.9. The van der Waals surface area contributed by atoms with Gasteiger partial charge in [0.25, 0.3) is 5.91 Å². The molecule has 0 bridgehead atoms. The van der Waals surface area contributed by atoms with Crippen LogP contribution in [0.2, 0.25) is 14.4 Å². The maximum Gasteiger partial charge on any atom is 0.265 e. The van der Waals surface area contributed by atoms with E-state index in [1.54, 1.807) is 7.11 Å². The van der Waals surface area contributed by atoms with Crippen LogP contribution in [-0.2, 0) is 0 Å². The first-order valence-electron chi connectivity index (χ1n) is 8.57. The fraction of sp³-hybridized carbons (Fsp3) is 0.316. The summed E-state index contributed by atoms with van der Waals surface area (Å²) in [7, 11) is 1.67. The van der Waals surface area contributed by atoms with Crippen molar-refractivity contribution < 1.29 is 9.53 Å². The first-order valence-corrected chi connectivity index (χ1v) is 10.5. The van der Waals surface area contributed by atoms with E-state index >= 15 is 0 Å². The van der Waals surface area contributed by atoms with E-state index in [1.807, 2.05) is 17.0 Å². The van der Waals surface area contributed by atoms with Gasteiger partial charge >= 0.3 is 0 Å². The van der Waals surface area contributed by atoms with Crippen molar-refractivity contribution in [2.24, 2.45) is 0 Å². The Labute approximate surface area is 176 Å². The van der Waals surface area contributed by atoms with Crippen LogP contribution in [-0.4, -0.2) is 36.0 Å². The minimum atomic E-state index is -0.0992. The van der Waals surface area contributed by atoms with E-state index in [1.165, 1.54) is 10.9 Å². The number of aromatic nitrogens is 1. The molecule has 1 fully saturated rings. The average molecular weight is 444 g/mol. The molecule has 0 aliphatic carbocycles. The molecule has 2 aromatic heterocycles. The molecule has 1 aliphatic heterocycles. The fourth-order valence-electron chi connectivity index (χ4n) is 3.63. The SMILES string of the molecule is COc1ccc2[nH]cc(C3CCN(C(=O)c4sc(Cl)c(Cl)c4Cl)CC3)c2c1. The minimum absolute atomic E-state index is 0.0992. The van der Waals surface area contributed by atoms with Crippen LogP contribution in [0.5, 0.6) is 5.75 Å². The molecule has 4 rings (SSSR count). The summed E-state index contributed by atoms with van der Waals surface area (Å²) in [5, 5.41) is 1.69. The number of hydrogen-bond donors (Lipinski definition) is 1. The van der Waals surface area contributed by atoms with E-state index in [4.69, 9.17) is 39.5 Å². The number of likely N-dealkylation sites (tertiary alicyclic amines) is 1. The summed E-state index contributed by atoms with van der Waals surface area (Å²) < 4.78 is 5.71.